The van der Waals surface area contributed by atoms with Crippen LogP contribution >= 0.6 is 11.8 Å². The minimum atomic E-state index is -0.269. The van der Waals surface area contributed by atoms with E-state index in [1.54, 1.807) is 11.8 Å². The summed E-state index contributed by atoms with van der Waals surface area (Å²) < 4.78 is 6.03. The first-order valence-electron chi connectivity index (χ1n) is 15.6. The monoisotopic (exact) mass is 552 g/mol. The molecule has 2 aromatic carbocycles. The normalized spacial score (nSPS) is 15.5. The zero-order chi connectivity index (χ0) is 27.7. The Morgan fingerprint density at radius 2 is 1.51 bits per heavy atom. The van der Waals surface area contributed by atoms with E-state index in [0.717, 1.165) is 31.6 Å². The fourth-order valence-electron chi connectivity index (χ4n) is 5.37. The second kappa shape index (κ2) is 18.4. The van der Waals surface area contributed by atoms with Crippen molar-refractivity contribution < 1.29 is 9.53 Å². The van der Waals surface area contributed by atoms with Crippen molar-refractivity contribution in [2.45, 2.75) is 127 Å². The lowest BCUT2D eigenvalue weighted by Crippen LogP contribution is -2.53. The molecule has 0 radical (unpaired) electrons. The lowest BCUT2D eigenvalue weighted by Gasteiger charge is -2.38. The molecule has 1 atom stereocenters. The van der Waals surface area contributed by atoms with Gasteiger partial charge in [0.05, 0.1) is 12.2 Å². The molecular weight excluding hydrogens is 500 g/mol. The molecule has 5 heteroatoms. The quantitative estimate of drug-likeness (QED) is 0.147. The molecule has 216 valence electrons. The summed E-state index contributed by atoms with van der Waals surface area (Å²) in [4.78, 5) is 17.5. The number of anilines is 1. The van der Waals surface area contributed by atoms with E-state index < -0.39 is 0 Å². The standard InChI is InChI=1S/C34H52N2O2S/c1-4-5-6-7-8-9-10-11-12-13-14-15-16-21-34(37)38-33-27-35-24-25-36(33)30-19-17-18-20-32(30)39-31-23-22-28(2)26-29(31)3/h17-20,22-23,26,33,35H,4-16,21,24-25,27H2,1-3H3. The van der Waals surface area contributed by atoms with Gasteiger partial charge < -0.3 is 15.0 Å². The van der Waals surface area contributed by atoms with Gasteiger partial charge in [0, 0.05) is 29.3 Å². The summed E-state index contributed by atoms with van der Waals surface area (Å²) >= 11 is 1.79. The molecular formula is C34H52N2O2S. The number of hydrogen-bond acceptors (Lipinski definition) is 5. The summed E-state index contributed by atoms with van der Waals surface area (Å²) in [5, 5.41) is 3.42. The summed E-state index contributed by atoms with van der Waals surface area (Å²) in [5.41, 5.74) is 3.71. The summed E-state index contributed by atoms with van der Waals surface area (Å²) in [6.45, 7) is 8.94. The Kier molecular flexibility index (Phi) is 14.9. The van der Waals surface area contributed by atoms with Crippen molar-refractivity contribution >= 4 is 23.4 Å². The number of ether oxygens (including phenoxy) is 1. The van der Waals surface area contributed by atoms with E-state index in [9.17, 15) is 4.79 Å². The summed E-state index contributed by atoms with van der Waals surface area (Å²) in [7, 11) is 0. The van der Waals surface area contributed by atoms with Gasteiger partial charge in [-0.3, -0.25) is 4.79 Å². The van der Waals surface area contributed by atoms with Gasteiger partial charge in [-0.25, -0.2) is 0 Å². The molecule has 3 rings (SSSR count). The number of para-hydroxylation sites is 1. The average molecular weight is 553 g/mol. The minimum absolute atomic E-state index is 0.0729. The maximum absolute atomic E-state index is 12.8. The molecule has 0 amide bonds. The zero-order valence-corrected chi connectivity index (χ0v) is 25.6. The molecule has 1 unspecified atom stereocenters. The van der Waals surface area contributed by atoms with Crippen molar-refractivity contribution in [3.05, 3.63) is 53.6 Å². The molecule has 0 bridgehead atoms. The van der Waals surface area contributed by atoms with Crippen LogP contribution in [0.25, 0.3) is 0 Å². The van der Waals surface area contributed by atoms with E-state index in [1.165, 1.54) is 91.5 Å². The maximum Gasteiger partial charge on any atom is 0.307 e. The van der Waals surface area contributed by atoms with Crippen LogP contribution in [0.15, 0.2) is 52.3 Å². The van der Waals surface area contributed by atoms with Gasteiger partial charge in [-0.05, 0) is 44.0 Å². The molecule has 0 aromatic heterocycles. The van der Waals surface area contributed by atoms with Gasteiger partial charge in [0.1, 0.15) is 0 Å². The molecule has 39 heavy (non-hydrogen) atoms. The lowest BCUT2D eigenvalue weighted by atomic mass is 10.0. The highest BCUT2D eigenvalue weighted by atomic mass is 32.2. The largest absolute Gasteiger partial charge is 0.440 e. The van der Waals surface area contributed by atoms with Gasteiger partial charge >= 0.3 is 5.97 Å². The number of hydrogen-bond donors (Lipinski definition) is 1. The van der Waals surface area contributed by atoms with Gasteiger partial charge in [0.2, 0.25) is 0 Å². The molecule has 0 aliphatic carbocycles. The summed E-state index contributed by atoms with van der Waals surface area (Å²) in [6.07, 6.45) is 17.3. The molecule has 1 N–H and O–H groups in total. The Morgan fingerprint density at radius 1 is 0.872 bits per heavy atom. The molecule has 1 aliphatic rings. The highest BCUT2D eigenvalue weighted by Crippen LogP contribution is 2.38. The summed E-state index contributed by atoms with van der Waals surface area (Å²) in [6, 6.07) is 15.1. The van der Waals surface area contributed by atoms with Crippen molar-refractivity contribution in [2.24, 2.45) is 0 Å². The van der Waals surface area contributed by atoms with E-state index in [-0.39, 0.29) is 12.2 Å². The molecule has 0 spiro atoms. The van der Waals surface area contributed by atoms with E-state index in [1.807, 2.05) is 0 Å². The molecule has 0 saturated carbocycles. The highest BCUT2D eigenvalue weighted by Gasteiger charge is 2.27. The van der Waals surface area contributed by atoms with Crippen molar-refractivity contribution in [2.75, 3.05) is 24.5 Å². The Balaban J connectivity index is 1.38. The fraction of sp³-hybridized carbons (Fsp3) is 0.618. The number of nitrogens with zero attached hydrogens (tertiary/aromatic N) is 1. The number of unbranched alkanes of at least 4 members (excludes halogenated alkanes) is 12. The minimum Gasteiger partial charge on any atom is -0.440 e. The maximum atomic E-state index is 12.8. The number of benzene rings is 2. The lowest BCUT2D eigenvalue weighted by molar-refractivity contribution is -0.149. The zero-order valence-electron chi connectivity index (χ0n) is 24.8. The van der Waals surface area contributed by atoms with Crippen LogP contribution in [-0.4, -0.2) is 31.8 Å². The first kappa shape index (κ1) is 31.5. The molecule has 2 aromatic rings. The van der Waals surface area contributed by atoms with E-state index in [2.05, 4.69) is 73.5 Å². The van der Waals surface area contributed by atoms with E-state index in [4.69, 9.17) is 4.74 Å². The first-order valence-corrected chi connectivity index (χ1v) is 16.4. The second-order valence-electron chi connectivity index (χ2n) is 11.2. The number of nitrogens with one attached hydrogen (secondary N) is 1. The first-order chi connectivity index (χ1) is 19.1. The average Bonchev–Trinajstić information content (AvgIpc) is 2.93. The van der Waals surface area contributed by atoms with Crippen LogP contribution in [0, 0.1) is 13.8 Å². The van der Waals surface area contributed by atoms with Crippen LogP contribution in [0.5, 0.6) is 0 Å². The van der Waals surface area contributed by atoms with Crippen molar-refractivity contribution in [3.8, 4) is 0 Å². The van der Waals surface area contributed by atoms with Crippen LogP contribution in [-0.2, 0) is 9.53 Å². The SMILES string of the molecule is CCCCCCCCCCCCCCCC(=O)OC1CNCCN1c1ccccc1Sc1ccc(C)cc1C. The van der Waals surface area contributed by atoms with Gasteiger partial charge in [0.15, 0.2) is 6.23 Å². The molecule has 4 nitrogen and oxygen atoms in total. The number of carbonyl (C=O) groups is 1. The van der Waals surface area contributed by atoms with Crippen LogP contribution in [0.3, 0.4) is 0 Å². The van der Waals surface area contributed by atoms with Crippen molar-refractivity contribution in [1.29, 1.82) is 0 Å². The second-order valence-corrected chi connectivity index (χ2v) is 12.3. The molecule has 1 aliphatic heterocycles. The molecule has 1 saturated heterocycles. The fourth-order valence-corrected chi connectivity index (χ4v) is 6.40. The third-order valence-electron chi connectivity index (χ3n) is 7.67. The number of rotatable bonds is 18. The van der Waals surface area contributed by atoms with Crippen LogP contribution in [0.1, 0.15) is 108 Å². The topological polar surface area (TPSA) is 41.6 Å². The Bertz CT molecular complexity index is 979. The Hall–Kier alpha value is -1.98. The predicted molar refractivity (Wildman–Crippen MR) is 167 cm³/mol. The number of esters is 1. The third-order valence-corrected chi connectivity index (χ3v) is 8.92. The van der Waals surface area contributed by atoms with Crippen LogP contribution in [0.2, 0.25) is 0 Å². The van der Waals surface area contributed by atoms with Gasteiger partial charge in [0.25, 0.3) is 0 Å². The smallest absolute Gasteiger partial charge is 0.307 e. The summed E-state index contributed by atoms with van der Waals surface area (Å²) in [5.74, 6) is -0.0729. The van der Waals surface area contributed by atoms with Crippen molar-refractivity contribution in [1.82, 2.24) is 5.32 Å². The van der Waals surface area contributed by atoms with Gasteiger partial charge in [-0.15, -0.1) is 0 Å². The Morgan fingerprint density at radius 3 is 2.18 bits per heavy atom. The number of carbonyl (C=O) groups excluding carboxylic acids is 1. The van der Waals surface area contributed by atoms with Crippen LogP contribution in [0.4, 0.5) is 5.69 Å². The van der Waals surface area contributed by atoms with Crippen LogP contribution < -0.4 is 10.2 Å². The predicted octanol–water partition coefficient (Wildman–Crippen LogP) is 9.21. The van der Waals surface area contributed by atoms with Gasteiger partial charge in [-0.2, -0.15) is 0 Å². The van der Waals surface area contributed by atoms with Gasteiger partial charge in [-0.1, -0.05) is 126 Å². The van der Waals surface area contributed by atoms with E-state index >= 15 is 0 Å². The highest BCUT2D eigenvalue weighted by molar-refractivity contribution is 7.99. The molecule has 1 heterocycles. The third kappa shape index (κ3) is 11.6. The number of piperazine rings is 1. The number of aryl methyl sites for hydroxylation is 2. The molecule has 1 fully saturated rings. The van der Waals surface area contributed by atoms with E-state index in [0.29, 0.717) is 13.0 Å². The Labute approximate surface area is 242 Å². The van der Waals surface area contributed by atoms with Crippen molar-refractivity contribution in [3.63, 3.8) is 0 Å².